The van der Waals surface area contributed by atoms with E-state index in [2.05, 4.69) is 15.1 Å². The molecular weight excluding hydrogens is 402 g/mol. The van der Waals surface area contributed by atoms with Crippen LogP contribution in [-0.2, 0) is 18.0 Å². The van der Waals surface area contributed by atoms with E-state index in [9.17, 15) is 4.79 Å². The van der Waals surface area contributed by atoms with Crippen LogP contribution < -0.4 is 4.74 Å². The smallest absolute Gasteiger partial charge is 0.358 e. The van der Waals surface area contributed by atoms with E-state index in [1.807, 2.05) is 62.4 Å². The molecule has 0 spiro atoms. The van der Waals surface area contributed by atoms with Gasteiger partial charge in [0.15, 0.2) is 12.3 Å². The average molecular weight is 421 g/mol. The summed E-state index contributed by atoms with van der Waals surface area (Å²) in [6.45, 7) is 4.18. The summed E-state index contributed by atoms with van der Waals surface area (Å²) in [7, 11) is 0. The van der Waals surface area contributed by atoms with Gasteiger partial charge in [-0.3, -0.25) is 0 Å². The lowest BCUT2D eigenvalue weighted by atomic mass is 10.1. The van der Waals surface area contributed by atoms with Crippen LogP contribution in [0.15, 0.2) is 58.4 Å². The van der Waals surface area contributed by atoms with Crippen molar-refractivity contribution in [2.75, 3.05) is 0 Å². The van der Waals surface area contributed by atoms with E-state index in [1.54, 1.807) is 5.38 Å². The maximum Gasteiger partial charge on any atom is 0.358 e. The first-order valence-corrected chi connectivity index (χ1v) is 10.2. The molecule has 4 rings (SSSR count). The van der Waals surface area contributed by atoms with E-state index in [1.165, 1.54) is 11.3 Å². The van der Waals surface area contributed by atoms with E-state index in [4.69, 9.17) is 14.0 Å². The Morgan fingerprint density at radius 1 is 0.967 bits per heavy atom. The van der Waals surface area contributed by atoms with Gasteiger partial charge in [-0.1, -0.05) is 52.7 Å². The molecule has 0 unspecified atom stereocenters. The molecule has 7 nitrogen and oxygen atoms in total. The Labute approximate surface area is 177 Å². The fourth-order valence-corrected chi connectivity index (χ4v) is 3.26. The van der Waals surface area contributed by atoms with Crippen molar-refractivity contribution in [3.05, 3.63) is 81.6 Å². The minimum absolute atomic E-state index is 0.121. The highest BCUT2D eigenvalue weighted by atomic mass is 32.1. The number of carbonyl (C=O) groups excluding carboxylic acids is 1. The molecular formula is C22H19N3O4S. The molecule has 0 fully saturated rings. The Kier molecular flexibility index (Phi) is 5.85. The summed E-state index contributed by atoms with van der Waals surface area (Å²) in [6.07, 6.45) is 0. The van der Waals surface area contributed by atoms with Gasteiger partial charge >= 0.3 is 5.97 Å². The molecule has 2 aromatic carbocycles. The Morgan fingerprint density at radius 3 is 2.40 bits per heavy atom. The molecule has 0 bridgehead atoms. The molecule has 0 aliphatic carbocycles. The number of carbonyl (C=O) groups is 1. The van der Waals surface area contributed by atoms with Crippen LogP contribution >= 0.6 is 11.3 Å². The average Bonchev–Trinajstić information content (AvgIpc) is 3.42. The van der Waals surface area contributed by atoms with Crippen molar-refractivity contribution in [2.45, 2.75) is 27.1 Å². The number of hydrogen-bond acceptors (Lipinski definition) is 8. The summed E-state index contributed by atoms with van der Waals surface area (Å²) in [4.78, 5) is 20.8. The molecule has 2 aromatic heterocycles. The summed E-state index contributed by atoms with van der Waals surface area (Å²) in [5.74, 6) is 0.867. The lowest BCUT2D eigenvalue weighted by Gasteiger charge is -2.03. The number of hydrogen-bond donors (Lipinski definition) is 0. The van der Waals surface area contributed by atoms with Gasteiger partial charge in [0.1, 0.15) is 17.4 Å². The van der Waals surface area contributed by atoms with Gasteiger partial charge in [0.2, 0.25) is 5.82 Å². The lowest BCUT2D eigenvalue weighted by molar-refractivity contribution is 0.0423. The molecule has 0 atom stereocenters. The zero-order chi connectivity index (χ0) is 20.9. The molecule has 2 heterocycles. The molecule has 0 radical (unpaired) electrons. The highest BCUT2D eigenvalue weighted by molar-refractivity contribution is 7.09. The number of esters is 1. The predicted octanol–water partition coefficient (Wildman–Crippen LogP) is 4.75. The summed E-state index contributed by atoms with van der Waals surface area (Å²) in [5.41, 5.74) is 3.36. The normalized spacial score (nSPS) is 10.7. The van der Waals surface area contributed by atoms with Crippen LogP contribution in [0.3, 0.4) is 0 Å². The van der Waals surface area contributed by atoms with Crippen molar-refractivity contribution in [1.82, 2.24) is 15.1 Å². The maximum absolute atomic E-state index is 12.2. The number of thiazole rings is 1. The second-order valence-corrected chi connectivity index (χ2v) is 7.62. The van der Waals surface area contributed by atoms with E-state index in [-0.39, 0.29) is 24.8 Å². The first kappa shape index (κ1) is 19.8. The number of aryl methyl sites for hydroxylation is 2. The zero-order valence-electron chi connectivity index (χ0n) is 16.5. The number of rotatable bonds is 7. The number of ether oxygens (including phenoxy) is 2. The standard InChI is InChI=1S/C22H19N3O4S/c1-14-3-7-16(8-4-14)21-24-19(29-25-21)11-28-22(26)18-13-30-20(23-18)12-27-17-9-5-15(2)6-10-17/h3-10,13H,11-12H2,1-2H3. The SMILES string of the molecule is Cc1ccc(OCc2nc(C(=O)OCc3nc(-c4ccc(C)cc4)no3)cs2)cc1. The summed E-state index contributed by atoms with van der Waals surface area (Å²) < 4.78 is 16.1. The third-order valence-corrected chi connectivity index (χ3v) is 5.07. The lowest BCUT2D eigenvalue weighted by Crippen LogP contribution is -2.06. The van der Waals surface area contributed by atoms with Crippen LogP contribution in [0.2, 0.25) is 0 Å². The quantitative estimate of drug-likeness (QED) is 0.398. The molecule has 30 heavy (non-hydrogen) atoms. The maximum atomic E-state index is 12.2. The second kappa shape index (κ2) is 8.87. The zero-order valence-corrected chi connectivity index (χ0v) is 17.3. The number of aromatic nitrogens is 3. The molecule has 0 aliphatic rings. The predicted molar refractivity (Wildman–Crippen MR) is 111 cm³/mol. The molecule has 0 aliphatic heterocycles. The topological polar surface area (TPSA) is 87.3 Å². The van der Waals surface area contributed by atoms with Crippen LogP contribution in [0.4, 0.5) is 0 Å². The van der Waals surface area contributed by atoms with Gasteiger partial charge in [0.05, 0.1) is 0 Å². The van der Waals surface area contributed by atoms with Gasteiger partial charge in [-0.05, 0) is 26.0 Å². The fourth-order valence-electron chi connectivity index (χ4n) is 2.59. The molecule has 8 heteroatoms. The third-order valence-electron chi connectivity index (χ3n) is 4.25. The van der Waals surface area contributed by atoms with Crippen molar-refractivity contribution in [3.8, 4) is 17.1 Å². The van der Waals surface area contributed by atoms with Crippen LogP contribution in [0.5, 0.6) is 5.75 Å². The molecule has 0 saturated carbocycles. The van der Waals surface area contributed by atoms with Crippen LogP contribution in [-0.4, -0.2) is 21.1 Å². The van der Waals surface area contributed by atoms with Crippen molar-refractivity contribution in [3.63, 3.8) is 0 Å². The highest BCUT2D eigenvalue weighted by Crippen LogP contribution is 2.18. The largest absolute Gasteiger partial charge is 0.486 e. The molecule has 0 amide bonds. The van der Waals surface area contributed by atoms with Crippen LogP contribution in [0.1, 0.15) is 32.5 Å². The van der Waals surface area contributed by atoms with E-state index >= 15 is 0 Å². The Bertz CT molecular complexity index is 1130. The molecule has 4 aromatic rings. The number of benzene rings is 2. The Morgan fingerprint density at radius 2 is 1.67 bits per heavy atom. The van der Waals surface area contributed by atoms with Crippen LogP contribution in [0, 0.1) is 13.8 Å². The first-order valence-electron chi connectivity index (χ1n) is 9.27. The van der Waals surface area contributed by atoms with Crippen molar-refractivity contribution in [2.24, 2.45) is 0 Å². The summed E-state index contributed by atoms with van der Waals surface area (Å²) >= 11 is 1.34. The van der Waals surface area contributed by atoms with E-state index < -0.39 is 5.97 Å². The summed E-state index contributed by atoms with van der Waals surface area (Å²) in [6, 6.07) is 15.5. The van der Waals surface area contributed by atoms with Crippen molar-refractivity contribution < 1.29 is 18.8 Å². The minimum Gasteiger partial charge on any atom is -0.486 e. The Balaban J connectivity index is 1.30. The third kappa shape index (κ3) is 4.90. The van der Waals surface area contributed by atoms with E-state index in [0.29, 0.717) is 10.8 Å². The van der Waals surface area contributed by atoms with Gasteiger partial charge in [0, 0.05) is 10.9 Å². The van der Waals surface area contributed by atoms with Gasteiger partial charge in [-0.25, -0.2) is 9.78 Å². The van der Waals surface area contributed by atoms with Crippen LogP contribution in [0.25, 0.3) is 11.4 Å². The highest BCUT2D eigenvalue weighted by Gasteiger charge is 2.15. The van der Waals surface area contributed by atoms with Crippen molar-refractivity contribution in [1.29, 1.82) is 0 Å². The first-order chi connectivity index (χ1) is 14.6. The van der Waals surface area contributed by atoms with Gasteiger partial charge in [-0.2, -0.15) is 4.98 Å². The van der Waals surface area contributed by atoms with Crippen molar-refractivity contribution >= 4 is 17.3 Å². The van der Waals surface area contributed by atoms with Gasteiger partial charge < -0.3 is 14.0 Å². The molecule has 0 saturated heterocycles. The minimum atomic E-state index is -0.553. The summed E-state index contributed by atoms with van der Waals surface area (Å²) in [5, 5.41) is 6.24. The number of nitrogens with zero attached hydrogens (tertiary/aromatic N) is 3. The van der Waals surface area contributed by atoms with Gasteiger partial charge in [0.25, 0.3) is 5.89 Å². The van der Waals surface area contributed by atoms with Gasteiger partial charge in [-0.15, -0.1) is 11.3 Å². The monoisotopic (exact) mass is 421 g/mol. The fraction of sp³-hybridized carbons (Fsp3) is 0.182. The second-order valence-electron chi connectivity index (χ2n) is 6.68. The van der Waals surface area contributed by atoms with E-state index in [0.717, 1.165) is 22.4 Å². The molecule has 152 valence electrons. The molecule has 0 N–H and O–H groups in total. The Hall–Kier alpha value is -3.52.